The third-order valence-electron chi connectivity index (χ3n) is 5.18. The van der Waals surface area contributed by atoms with Crippen molar-refractivity contribution in [3.05, 3.63) is 0 Å². The van der Waals surface area contributed by atoms with Gasteiger partial charge in [0.15, 0.2) is 0 Å². The largest absolute Gasteiger partial charge is 0.480 e. The first-order valence-electron chi connectivity index (χ1n) is 8.31. The average Bonchev–Trinajstić information content (AvgIpc) is 2.48. The lowest BCUT2D eigenvalue weighted by Gasteiger charge is -2.38. The molecule has 1 aliphatic heterocycles. The molecule has 5 heteroatoms. The lowest BCUT2D eigenvalue weighted by molar-refractivity contribution is -0.144. The first kappa shape index (κ1) is 16.1. The zero-order valence-electron chi connectivity index (χ0n) is 13.2. The van der Waals surface area contributed by atoms with Gasteiger partial charge in [0.25, 0.3) is 0 Å². The van der Waals surface area contributed by atoms with E-state index in [9.17, 15) is 14.7 Å². The summed E-state index contributed by atoms with van der Waals surface area (Å²) in [5.74, 6) is 0.288. The molecule has 2 fully saturated rings. The Kier molecular flexibility index (Phi) is 5.48. The van der Waals surface area contributed by atoms with Crippen LogP contribution in [0.2, 0.25) is 0 Å². The fraction of sp³-hybridized carbons (Fsp3) is 0.875. The zero-order chi connectivity index (χ0) is 15.4. The summed E-state index contributed by atoms with van der Waals surface area (Å²) in [5, 5.41) is 12.4. The van der Waals surface area contributed by atoms with E-state index in [-0.39, 0.29) is 12.1 Å². The number of nitrogens with one attached hydrogen (secondary N) is 1. The molecule has 2 unspecified atom stereocenters. The number of hydrogen-bond donors (Lipinski definition) is 2. The average molecular weight is 296 g/mol. The first-order chi connectivity index (χ1) is 10.0. The summed E-state index contributed by atoms with van der Waals surface area (Å²) in [6, 6.07) is -0.630. The Morgan fingerprint density at radius 1 is 1.19 bits per heavy atom. The van der Waals surface area contributed by atoms with Crippen LogP contribution in [0.5, 0.6) is 0 Å². The molecule has 0 aromatic rings. The summed E-state index contributed by atoms with van der Waals surface area (Å²) >= 11 is 0. The number of carboxylic acids is 1. The topological polar surface area (TPSA) is 69.6 Å². The lowest BCUT2D eigenvalue weighted by atomic mass is 9.87. The zero-order valence-corrected chi connectivity index (χ0v) is 13.2. The van der Waals surface area contributed by atoms with Gasteiger partial charge in [-0.15, -0.1) is 0 Å². The molecule has 0 aromatic carbocycles. The molecule has 120 valence electrons. The molecule has 0 aromatic heterocycles. The van der Waals surface area contributed by atoms with Crippen molar-refractivity contribution in [1.82, 2.24) is 10.2 Å². The summed E-state index contributed by atoms with van der Waals surface area (Å²) in [5.41, 5.74) is 0. The van der Waals surface area contributed by atoms with Gasteiger partial charge < -0.3 is 15.3 Å². The van der Waals surface area contributed by atoms with E-state index in [0.29, 0.717) is 18.9 Å². The number of piperidine rings is 1. The number of hydrogen-bond acceptors (Lipinski definition) is 2. The van der Waals surface area contributed by atoms with Gasteiger partial charge in [-0.3, -0.25) is 0 Å². The monoisotopic (exact) mass is 296 g/mol. The first-order valence-corrected chi connectivity index (χ1v) is 8.31. The van der Waals surface area contributed by atoms with Crippen LogP contribution < -0.4 is 5.32 Å². The van der Waals surface area contributed by atoms with Gasteiger partial charge in [0, 0.05) is 12.6 Å². The predicted octanol–water partition coefficient (Wildman–Crippen LogP) is 2.85. The minimum Gasteiger partial charge on any atom is -0.480 e. The Morgan fingerprint density at radius 3 is 2.43 bits per heavy atom. The molecular weight excluding hydrogens is 268 g/mol. The van der Waals surface area contributed by atoms with Gasteiger partial charge in [-0.2, -0.15) is 0 Å². The van der Waals surface area contributed by atoms with E-state index in [1.54, 1.807) is 0 Å². The highest BCUT2D eigenvalue weighted by Gasteiger charge is 2.36. The van der Waals surface area contributed by atoms with Crippen LogP contribution in [0.4, 0.5) is 4.79 Å². The minimum absolute atomic E-state index is 0.184. The Bertz CT molecular complexity index is 378. The maximum absolute atomic E-state index is 12.4. The fourth-order valence-corrected chi connectivity index (χ4v) is 3.55. The smallest absolute Gasteiger partial charge is 0.326 e. The van der Waals surface area contributed by atoms with Crippen LogP contribution >= 0.6 is 0 Å². The second kappa shape index (κ2) is 7.14. The highest BCUT2D eigenvalue weighted by molar-refractivity contribution is 5.83. The van der Waals surface area contributed by atoms with Crippen LogP contribution in [-0.2, 0) is 4.79 Å². The van der Waals surface area contributed by atoms with E-state index in [2.05, 4.69) is 19.2 Å². The molecule has 0 bridgehead atoms. The molecule has 1 aliphatic carbocycles. The van der Waals surface area contributed by atoms with Gasteiger partial charge in [-0.1, -0.05) is 20.3 Å². The lowest BCUT2D eigenvalue weighted by Crippen LogP contribution is -2.55. The summed E-state index contributed by atoms with van der Waals surface area (Å²) in [6.45, 7) is 4.89. The molecule has 0 spiro atoms. The van der Waals surface area contributed by atoms with Crippen LogP contribution in [0, 0.1) is 11.8 Å². The second-order valence-electron chi connectivity index (χ2n) is 6.75. The highest BCUT2D eigenvalue weighted by Crippen LogP contribution is 2.27. The molecule has 21 heavy (non-hydrogen) atoms. The van der Waals surface area contributed by atoms with Crippen molar-refractivity contribution in [2.75, 3.05) is 6.54 Å². The third kappa shape index (κ3) is 4.11. The van der Waals surface area contributed by atoms with Gasteiger partial charge >= 0.3 is 12.0 Å². The van der Waals surface area contributed by atoms with Gasteiger partial charge in [0.05, 0.1) is 0 Å². The number of carbonyl (C=O) groups is 2. The van der Waals surface area contributed by atoms with E-state index < -0.39 is 12.0 Å². The number of nitrogens with zero attached hydrogens (tertiary/aromatic N) is 1. The normalized spacial score (nSPS) is 33.5. The molecule has 2 amide bonds. The Morgan fingerprint density at radius 2 is 1.86 bits per heavy atom. The van der Waals surface area contributed by atoms with Crippen LogP contribution in [0.3, 0.4) is 0 Å². The van der Waals surface area contributed by atoms with Crippen molar-refractivity contribution in [2.45, 2.75) is 70.9 Å². The minimum atomic E-state index is -0.874. The molecule has 2 atom stereocenters. The Hall–Kier alpha value is -1.26. The summed E-state index contributed by atoms with van der Waals surface area (Å²) in [7, 11) is 0. The summed E-state index contributed by atoms with van der Waals surface area (Å²) in [4.78, 5) is 25.4. The van der Waals surface area contributed by atoms with Crippen molar-refractivity contribution in [1.29, 1.82) is 0 Å². The van der Waals surface area contributed by atoms with Crippen molar-refractivity contribution in [3.8, 4) is 0 Å². The van der Waals surface area contributed by atoms with Crippen LogP contribution in [0.15, 0.2) is 0 Å². The number of aliphatic carboxylic acids is 1. The van der Waals surface area contributed by atoms with Crippen LogP contribution in [0.1, 0.15) is 58.8 Å². The molecule has 5 nitrogen and oxygen atoms in total. The molecule has 1 saturated carbocycles. The predicted molar refractivity (Wildman–Crippen MR) is 81.1 cm³/mol. The van der Waals surface area contributed by atoms with E-state index in [1.165, 1.54) is 4.90 Å². The van der Waals surface area contributed by atoms with Crippen LogP contribution in [-0.4, -0.2) is 40.6 Å². The molecule has 2 N–H and O–H groups in total. The maximum atomic E-state index is 12.4. The van der Waals surface area contributed by atoms with Gasteiger partial charge in [0.2, 0.25) is 0 Å². The van der Waals surface area contributed by atoms with Crippen LogP contribution in [0.25, 0.3) is 0 Å². The summed E-state index contributed by atoms with van der Waals surface area (Å²) in [6.07, 6.45) is 6.79. The van der Waals surface area contributed by atoms with E-state index in [0.717, 1.165) is 44.4 Å². The number of rotatable bonds is 3. The highest BCUT2D eigenvalue weighted by atomic mass is 16.4. The number of amides is 2. The quantitative estimate of drug-likeness (QED) is 0.841. The molecule has 1 saturated heterocycles. The van der Waals surface area contributed by atoms with Gasteiger partial charge in [-0.25, -0.2) is 9.59 Å². The fourth-order valence-electron chi connectivity index (χ4n) is 3.55. The van der Waals surface area contributed by atoms with Gasteiger partial charge in [-0.05, 0) is 50.4 Å². The van der Waals surface area contributed by atoms with Crippen molar-refractivity contribution in [2.24, 2.45) is 11.8 Å². The number of likely N-dealkylation sites (tertiary alicyclic amines) is 1. The standard InChI is InChI=1S/C16H28N2O3/c1-3-12-8-9-18(14(10-12)15(19)20)16(21)17-13-6-4-11(2)5-7-13/h11-14H,3-10H2,1-2H3,(H,17,21)(H,19,20). The van der Waals surface area contributed by atoms with Gasteiger partial charge in [0.1, 0.15) is 6.04 Å². The number of carboxylic acid groups (broad SMARTS) is 1. The summed E-state index contributed by atoms with van der Waals surface area (Å²) < 4.78 is 0. The molecule has 1 heterocycles. The number of urea groups is 1. The van der Waals surface area contributed by atoms with E-state index in [1.807, 2.05) is 0 Å². The molecule has 0 radical (unpaired) electrons. The van der Waals surface area contributed by atoms with E-state index in [4.69, 9.17) is 0 Å². The molecule has 2 rings (SSSR count). The number of carbonyl (C=O) groups excluding carboxylic acids is 1. The SMILES string of the molecule is CCC1CCN(C(=O)NC2CCC(C)CC2)C(C(=O)O)C1. The molecule has 2 aliphatic rings. The van der Waals surface area contributed by atoms with E-state index >= 15 is 0 Å². The second-order valence-corrected chi connectivity index (χ2v) is 6.75. The van der Waals surface area contributed by atoms with Crippen molar-refractivity contribution in [3.63, 3.8) is 0 Å². The Balaban J connectivity index is 1.92. The molecular formula is C16H28N2O3. The Labute approximate surface area is 127 Å². The van der Waals surface area contributed by atoms with Crippen molar-refractivity contribution < 1.29 is 14.7 Å². The third-order valence-corrected chi connectivity index (χ3v) is 5.18. The van der Waals surface area contributed by atoms with Crippen molar-refractivity contribution >= 4 is 12.0 Å². The maximum Gasteiger partial charge on any atom is 0.326 e.